The van der Waals surface area contributed by atoms with Crippen LogP contribution in [-0.4, -0.2) is 47.6 Å². The Bertz CT molecular complexity index is 624. The molecule has 6 heteroatoms. The number of carbonyl (C=O) groups is 2. The molecule has 2 N–H and O–H groups in total. The van der Waals surface area contributed by atoms with Crippen molar-refractivity contribution >= 4 is 11.8 Å². The summed E-state index contributed by atoms with van der Waals surface area (Å²) in [6.45, 7) is 7.08. The van der Waals surface area contributed by atoms with Crippen LogP contribution in [0.1, 0.15) is 33.6 Å². The standard InChI is InChI=1S/C19H27N3O3/c1-13(2)16-17(23)21-19(20-16)9-11-22(12-10-19)18(24)14(3)25-15-7-5-4-6-8-15/h4-8,13-14,16,20H,9-12H2,1-3H3,(H,21,23). The van der Waals surface area contributed by atoms with Gasteiger partial charge in [-0.1, -0.05) is 32.0 Å². The van der Waals surface area contributed by atoms with E-state index in [4.69, 9.17) is 4.74 Å². The van der Waals surface area contributed by atoms with Gasteiger partial charge in [-0.2, -0.15) is 0 Å². The summed E-state index contributed by atoms with van der Waals surface area (Å²) >= 11 is 0. The van der Waals surface area contributed by atoms with Crippen LogP contribution in [0.3, 0.4) is 0 Å². The minimum atomic E-state index is -0.522. The number of para-hydroxylation sites is 1. The number of carbonyl (C=O) groups excluding carboxylic acids is 2. The van der Waals surface area contributed by atoms with Crippen molar-refractivity contribution in [3.05, 3.63) is 30.3 Å². The fraction of sp³-hybridized carbons (Fsp3) is 0.579. The molecule has 0 saturated carbocycles. The van der Waals surface area contributed by atoms with E-state index in [1.165, 1.54) is 0 Å². The van der Waals surface area contributed by atoms with E-state index in [1.54, 1.807) is 6.92 Å². The molecule has 2 heterocycles. The normalized spacial score (nSPS) is 23.6. The molecule has 6 nitrogen and oxygen atoms in total. The van der Waals surface area contributed by atoms with Gasteiger partial charge in [0.2, 0.25) is 5.91 Å². The van der Waals surface area contributed by atoms with Gasteiger partial charge in [0.1, 0.15) is 5.75 Å². The molecule has 2 atom stereocenters. The van der Waals surface area contributed by atoms with Gasteiger partial charge in [-0.05, 0) is 25.0 Å². The molecule has 2 saturated heterocycles. The number of piperidine rings is 1. The first-order chi connectivity index (χ1) is 11.9. The lowest BCUT2D eigenvalue weighted by Crippen LogP contribution is -2.59. The first-order valence-corrected chi connectivity index (χ1v) is 9.00. The zero-order valence-electron chi connectivity index (χ0n) is 15.1. The topological polar surface area (TPSA) is 70.7 Å². The summed E-state index contributed by atoms with van der Waals surface area (Å²) < 4.78 is 5.74. The zero-order valence-corrected chi connectivity index (χ0v) is 15.1. The number of benzene rings is 1. The third kappa shape index (κ3) is 3.79. The van der Waals surface area contributed by atoms with Gasteiger partial charge in [0.25, 0.3) is 5.91 Å². The van der Waals surface area contributed by atoms with Crippen LogP contribution < -0.4 is 15.4 Å². The molecule has 2 amide bonds. The Balaban J connectivity index is 1.55. The quantitative estimate of drug-likeness (QED) is 0.868. The predicted octanol–water partition coefficient (Wildman–Crippen LogP) is 1.52. The van der Waals surface area contributed by atoms with E-state index >= 15 is 0 Å². The smallest absolute Gasteiger partial charge is 0.263 e. The Kier molecular flexibility index (Phi) is 4.99. The second-order valence-corrected chi connectivity index (χ2v) is 7.34. The van der Waals surface area contributed by atoms with Crippen molar-refractivity contribution in [1.82, 2.24) is 15.5 Å². The summed E-state index contributed by atoms with van der Waals surface area (Å²) in [5.41, 5.74) is -0.369. The predicted molar refractivity (Wildman–Crippen MR) is 95.0 cm³/mol. The first kappa shape index (κ1) is 17.7. The monoisotopic (exact) mass is 345 g/mol. The number of hydrogen-bond donors (Lipinski definition) is 2. The third-order valence-electron chi connectivity index (χ3n) is 5.08. The Morgan fingerprint density at radius 1 is 1.20 bits per heavy atom. The molecule has 0 bridgehead atoms. The molecule has 1 spiro atoms. The molecule has 2 aliphatic heterocycles. The van der Waals surface area contributed by atoms with Crippen molar-refractivity contribution in [3.63, 3.8) is 0 Å². The van der Waals surface area contributed by atoms with E-state index in [1.807, 2.05) is 49.1 Å². The summed E-state index contributed by atoms with van der Waals surface area (Å²) in [5.74, 6) is 0.999. The SMILES string of the molecule is CC(Oc1ccccc1)C(=O)N1CCC2(CC1)NC(=O)C(C(C)C)N2. The third-order valence-corrected chi connectivity index (χ3v) is 5.08. The van der Waals surface area contributed by atoms with E-state index in [0.717, 1.165) is 0 Å². The van der Waals surface area contributed by atoms with E-state index < -0.39 is 6.10 Å². The maximum Gasteiger partial charge on any atom is 0.263 e. The number of rotatable bonds is 4. The number of likely N-dealkylation sites (tertiary alicyclic amines) is 1. The highest BCUT2D eigenvalue weighted by molar-refractivity contribution is 5.85. The molecule has 2 unspecified atom stereocenters. The van der Waals surface area contributed by atoms with Crippen LogP contribution in [0.4, 0.5) is 0 Å². The zero-order chi connectivity index (χ0) is 18.0. The molecule has 0 radical (unpaired) electrons. The van der Waals surface area contributed by atoms with Gasteiger partial charge < -0.3 is 15.0 Å². The lowest BCUT2D eigenvalue weighted by atomic mass is 9.96. The summed E-state index contributed by atoms with van der Waals surface area (Å²) in [6.07, 6.45) is 0.906. The molecule has 2 aliphatic rings. The number of nitrogens with zero attached hydrogens (tertiary/aromatic N) is 1. The average molecular weight is 345 g/mol. The first-order valence-electron chi connectivity index (χ1n) is 9.00. The van der Waals surface area contributed by atoms with Crippen molar-refractivity contribution in [3.8, 4) is 5.75 Å². The minimum Gasteiger partial charge on any atom is -0.481 e. The van der Waals surface area contributed by atoms with Gasteiger partial charge in [-0.3, -0.25) is 14.9 Å². The van der Waals surface area contributed by atoms with Crippen molar-refractivity contribution < 1.29 is 14.3 Å². The number of ether oxygens (including phenoxy) is 1. The van der Waals surface area contributed by atoms with Crippen LogP contribution in [0.2, 0.25) is 0 Å². The van der Waals surface area contributed by atoms with Crippen LogP contribution in [-0.2, 0) is 9.59 Å². The number of amides is 2. The molecular formula is C19H27N3O3. The largest absolute Gasteiger partial charge is 0.481 e. The summed E-state index contributed by atoms with van der Waals surface area (Å²) in [7, 11) is 0. The van der Waals surface area contributed by atoms with Crippen molar-refractivity contribution in [2.75, 3.05) is 13.1 Å². The lowest BCUT2D eigenvalue weighted by Gasteiger charge is -2.40. The van der Waals surface area contributed by atoms with Gasteiger partial charge in [0, 0.05) is 25.9 Å². The lowest BCUT2D eigenvalue weighted by molar-refractivity contribution is -0.139. The maximum atomic E-state index is 12.6. The molecule has 25 heavy (non-hydrogen) atoms. The van der Waals surface area contributed by atoms with Crippen LogP contribution >= 0.6 is 0 Å². The molecule has 0 aliphatic carbocycles. The van der Waals surface area contributed by atoms with Crippen LogP contribution in [0.25, 0.3) is 0 Å². The fourth-order valence-corrected chi connectivity index (χ4v) is 3.57. The number of hydrogen-bond acceptors (Lipinski definition) is 4. The van der Waals surface area contributed by atoms with E-state index in [9.17, 15) is 9.59 Å². The Morgan fingerprint density at radius 2 is 1.84 bits per heavy atom. The highest BCUT2D eigenvalue weighted by Gasteiger charge is 2.46. The Morgan fingerprint density at radius 3 is 2.40 bits per heavy atom. The summed E-state index contributed by atoms with van der Waals surface area (Å²) in [4.78, 5) is 26.6. The fourth-order valence-electron chi connectivity index (χ4n) is 3.57. The highest BCUT2D eigenvalue weighted by atomic mass is 16.5. The minimum absolute atomic E-state index is 0.0107. The number of nitrogens with one attached hydrogen (secondary N) is 2. The molecular weight excluding hydrogens is 318 g/mol. The Hall–Kier alpha value is -2.08. The molecule has 2 fully saturated rings. The second-order valence-electron chi connectivity index (χ2n) is 7.34. The van der Waals surface area contributed by atoms with Gasteiger partial charge in [0.15, 0.2) is 6.10 Å². The molecule has 3 rings (SSSR count). The van der Waals surface area contributed by atoms with Crippen LogP contribution in [0, 0.1) is 5.92 Å². The maximum absolute atomic E-state index is 12.6. The van der Waals surface area contributed by atoms with E-state index in [0.29, 0.717) is 31.7 Å². The highest BCUT2D eigenvalue weighted by Crippen LogP contribution is 2.27. The molecule has 1 aromatic carbocycles. The van der Waals surface area contributed by atoms with Crippen molar-refractivity contribution in [2.24, 2.45) is 5.92 Å². The summed E-state index contributed by atoms with van der Waals surface area (Å²) in [6, 6.07) is 9.23. The molecule has 1 aromatic rings. The van der Waals surface area contributed by atoms with Gasteiger partial charge in [0.05, 0.1) is 11.7 Å². The van der Waals surface area contributed by atoms with E-state index in [-0.39, 0.29) is 29.4 Å². The molecule has 136 valence electrons. The van der Waals surface area contributed by atoms with Crippen LogP contribution in [0.5, 0.6) is 5.75 Å². The van der Waals surface area contributed by atoms with Crippen molar-refractivity contribution in [2.45, 2.75) is 51.4 Å². The Labute approximate surface area is 148 Å². The van der Waals surface area contributed by atoms with Crippen molar-refractivity contribution in [1.29, 1.82) is 0 Å². The van der Waals surface area contributed by atoms with Gasteiger partial charge in [-0.15, -0.1) is 0 Å². The van der Waals surface area contributed by atoms with Gasteiger partial charge >= 0.3 is 0 Å². The van der Waals surface area contributed by atoms with Crippen LogP contribution in [0.15, 0.2) is 30.3 Å². The van der Waals surface area contributed by atoms with E-state index in [2.05, 4.69) is 10.6 Å². The summed E-state index contributed by atoms with van der Waals surface area (Å²) in [5, 5.41) is 6.56. The average Bonchev–Trinajstić information content (AvgIpc) is 2.92. The van der Waals surface area contributed by atoms with Gasteiger partial charge in [-0.25, -0.2) is 0 Å². The molecule has 0 aromatic heterocycles. The second kappa shape index (κ2) is 7.04.